The van der Waals surface area contributed by atoms with Gasteiger partial charge in [0.05, 0.1) is 39.6 Å². The van der Waals surface area contributed by atoms with E-state index < -0.39 is 11.9 Å². The fraction of sp³-hybridized carbons (Fsp3) is 0.444. The molecule has 0 aliphatic carbocycles. The normalized spacial score (nSPS) is 14.1. The number of hydrogen-bond donors (Lipinski definition) is 2. The van der Waals surface area contributed by atoms with E-state index in [0.717, 1.165) is 5.69 Å². The van der Waals surface area contributed by atoms with Gasteiger partial charge in [0.15, 0.2) is 0 Å². The van der Waals surface area contributed by atoms with Crippen LogP contribution in [0.5, 0.6) is 0 Å². The molecule has 0 saturated carbocycles. The van der Waals surface area contributed by atoms with E-state index in [-0.39, 0.29) is 37.8 Å². The summed E-state index contributed by atoms with van der Waals surface area (Å²) in [4.78, 5) is 27.7. The highest BCUT2D eigenvalue weighted by Gasteiger charge is 2.32. The minimum atomic E-state index is -0.662. The average molecular weight is 380 g/mol. The molecule has 9 nitrogen and oxygen atoms in total. The molecule has 1 aliphatic rings. The predicted molar refractivity (Wildman–Crippen MR) is 97.2 cm³/mol. The molecular weight excluding hydrogens is 356 g/mol. The smallest absolute Gasteiger partial charge is 0.355 e. The SMILES string of the molecule is COC(=O)C1=C(C(=O)OC)N(c2ccc(N(CCO)CCO)cc2)COC1. The van der Waals surface area contributed by atoms with Crippen LogP contribution >= 0.6 is 0 Å². The Kier molecular flexibility index (Phi) is 7.59. The Morgan fingerprint density at radius 2 is 1.67 bits per heavy atom. The second-order valence-corrected chi connectivity index (χ2v) is 5.67. The fourth-order valence-electron chi connectivity index (χ4n) is 2.80. The molecule has 0 radical (unpaired) electrons. The molecule has 1 aliphatic heterocycles. The molecule has 0 unspecified atom stereocenters. The van der Waals surface area contributed by atoms with Crippen LogP contribution in [0.15, 0.2) is 35.5 Å². The van der Waals surface area contributed by atoms with E-state index in [9.17, 15) is 9.59 Å². The van der Waals surface area contributed by atoms with Gasteiger partial charge in [0.1, 0.15) is 12.4 Å². The van der Waals surface area contributed by atoms with Crippen molar-refractivity contribution in [3.63, 3.8) is 0 Å². The molecule has 0 aromatic heterocycles. The minimum Gasteiger partial charge on any atom is -0.466 e. The van der Waals surface area contributed by atoms with E-state index in [1.807, 2.05) is 4.90 Å². The van der Waals surface area contributed by atoms with Gasteiger partial charge in [-0.2, -0.15) is 0 Å². The summed E-state index contributed by atoms with van der Waals surface area (Å²) in [5.74, 6) is -1.32. The van der Waals surface area contributed by atoms with E-state index >= 15 is 0 Å². The first-order valence-electron chi connectivity index (χ1n) is 8.39. The van der Waals surface area contributed by atoms with Crippen molar-refractivity contribution in [3.8, 4) is 0 Å². The number of rotatable bonds is 8. The number of methoxy groups -OCH3 is 2. The molecule has 27 heavy (non-hydrogen) atoms. The zero-order chi connectivity index (χ0) is 19.8. The van der Waals surface area contributed by atoms with Gasteiger partial charge in [-0.15, -0.1) is 0 Å². The van der Waals surface area contributed by atoms with Crippen molar-refractivity contribution >= 4 is 23.3 Å². The number of aliphatic hydroxyl groups excluding tert-OH is 2. The fourth-order valence-corrected chi connectivity index (χ4v) is 2.80. The van der Waals surface area contributed by atoms with E-state index in [0.29, 0.717) is 18.8 Å². The van der Waals surface area contributed by atoms with Gasteiger partial charge in [-0.1, -0.05) is 0 Å². The number of anilines is 2. The summed E-state index contributed by atoms with van der Waals surface area (Å²) < 4.78 is 15.0. The summed E-state index contributed by atoms with van der Waals surface area (Å²) in [6.45, 7) is 0.700. The van der Waals surface area contributed by atoms with E-state index in [1.54, 1.807) is 24.3 Å². The summed E-state index contributed by atoms with van der Waals surface area (Å²) in [5, 5.41) is 18.3. The van der Waals surface area contributed by atoms with E-state index in [1.165, 1.54) is 19.1 Å². The molecule has 9 heteroatoms. The van der Waals surface area contributed by atoms with Gasteiger partial charge in [0, 0.05) is 24.5 Å². The number of carbonyl (C=O) groups is 2. The molecule has 0 fully saturated rings. The topological polar surface area (TPSA) is 109 Å². The first-order valence-corrected chi connectivity index (χ1v) is 8.39. The van der Waals surface area contributed by atoms with Gasteiger partial charge in [-0.3, -0.25) is 0 Å². The van der Waals surface area contributed by atoms with Gasteiger partial charge >= 0.3 is 11.9 Å². The zero-order valence-corrected chi connectivity index (χ0v) is 15.4. The Balaban J connectivity index is 2.37. The third-order valence-corrected chi connectivity index (χ3v) is 4.10. The molecule has 2 N–H and O–H groups in total. The maximum Gasteiger partial charge on any atom is 0.355 e. The molecule has 0 atom stereocenters. The summed E-state index contributed by atoms with van der Waals surface area (Å²) in [5.41, 5.74) is 1.58. The zero-order valence-electron chi connectivity index (χ0n) is 15.4. The molecule has 0 amide bonds. The van der Waals surface area contributed by atoms with Gasteiger partial charge in [0.25, 0.3) is 0 Å². The van der Waals surface area contributed by atoms with Crippen LogP contribution in [0.3, 0.4) is 0 Å². The number of benzene rings is 1. The molecule has 0 bridgehead atoms. The third-order valence-electron chi connectivity index (χ3n) is 4.10. The number of carbonyl (C=O) groups excluding carboxylic acids is 2. The van der Waals surface area contributed by atoms with Crippen LogP contribution in [0, 0.1) is 0 Å². The van der Waals surface area contributed by atoms with Gasteiger partial charge in [-0.25, -0.2) is 9.59 Å². The number of nitrogens with zero attached hydrogens (tertiary/aromatic N) is 2. The Hall–Kier alpha value is -2.62. The molecule has 0 spiro atoms. The quantitative estimate of drug-likeness (QED) is 0.596. The molecular formula is C18H24N2O7. The summed E-state index contributed by atoms with van der Waals surface area (Å²) >= 11 is 0. The predicted octanol–water partition coefficient (Wildman–Crippen LogP) is -0.128. The average Bonchev–Trinajstić information content (AvgIpc) is 2.72. The standard InChI is InChI=1S/C18H24N2O7/c1-25-17(23)15-11-27-12-20(16(15)18(24)26-2)14-5-3-13(4-6-14)19(7-9-21)8-10-22/h3-6,21-22H,7-12H2,1-2H3. The van der Waals surface area contributed by atoms with Crippen molar-refractivity contribution in [2.24, 2.45) is 0 Å². The second-order valence-electron chi connectivity index (χ2n) is 5.67. The Morgan fingerprint density at radius 3 is 2.19 bits per heavy atom. The van der Waals surface area contributed by atoms with Crippen molar-refractivity contribution in [1.29, 1.82) is 0 Å². The molecule has 1 aromatic carbocycles. The largest absolute Gasteiger partial charge is 0.466 e. The lowest BCUT2D eigenvalue weighted by molar-refractivity contribution is -0.140. The molecule has 148 valence electrons. The van der Waals surface area contributed by atoms with Crippen molar-refractivity contribution in [2.75, 3.05) is 63.7 Å². The highest BCUT2D eigenvalue weighted by Crippen LogP contribution is 2.28. The van der Waals surface area contributed by atoms with Gasteiger partial charge in [-0.05, 0) is 24.3 Å². The van der Waals surface area contributed by atoms with Crippen LogP contribution in [0.2, 0.25) is 0 Å². The van der Waals surface area contributed by atoms with Crippen LogP contribution in [0.25, 0.3) is 0 Å². The molecule has 0 saturated heterocycles. The Bertz CT molecular complexity index is 681. The number of esters is 2. The van der Waals surface area contributed by atoms with Crippen LogP contribution in [-0.4, -0.2) is 76.0 Å². The van der Waals surface area contributed by atoms with Crippen LogP contribution in [0.4, 0.5) is 11.4 Å². The highest BCUT2D eigenvalue weighted by molar-refractivity contribution is 6.03. The summed E-state index contributed by atoms with van der Waals surface area (Å²) in [6.07, 6.45) is 0. The lowest BCUT2D eigenvalue weighted by Crippen LogP contribution is -2.38. The van der Waals surface area contributed by atoms with E-state index in [2.05, 4.69) is 0 Å². The lowest BCUT2D eigenvalue weighted by Gasteiger charge is -2.31. The van der Waals surface area contributed by atoms with Crippen molar-refractivity contribution < 1.29 is 34.0 Å². The second kappa shape index (κ2) is 9.91. The van der Waals surface area contributed by atoms with E-state index in [4.69, 9.17) is 24.4 Å². The third kappa shape index (κ3) is 4.76. The van der Waals surface area contributed by atoms with Crippen molar-refractivity contribution in [2.45, 2.75) is 0 Å². The monoisotopic (exact) mass is 380 g/mol. The van der Waals surface area contributed by atoms with Crippen LogP contribution in [-0.2, 0) is 23.8 Å². The number of ether oxygens (including phenoxy) is 3. The summed E-state index contributed by atoms with van der Waals surface area (Å²) in [6, 6.07) is 7.09. The molecule has 1 heterocycles. The maximum absolute atomic E-state index is 12.3. The Labute approximate surface area is 157 Å². The van der Waals surface area contributed by atoms with Crippen molar-refractivity contribution in [1.82, 2.24) is 0 Å². The number of hydrogen-bond acceptors (Lipinski definition) is 9. The first-order chi connectivity index (χ1) is 13.1. The van der Waals surface area contributed by atoms with Gasteiger partial charge < -0.3 is 34.2 Å². The summed E-state index contributed by atoms with van der Waals surface area (Å²) in [7, 11) is 2.47. The lowest BCUT2D eigenvalue weighted by atomic mass is 10.1. The van der Waals surface area contributed by atoms with Gasteiger partial charge in [0.2, 0.25) is 0 Å². The van der Waals surface area contributed by atoms with Crippen molar-refractivity contribution in [3.05, 3.63) is 35.5 Å². The minimum absolute atomic E-state index is 0.0422. The van der Waals surface area contributed by atoms with Crippen LogP contribution < -0.4 is 9.80 Å². The number of aliphatic hydroxyl groups is 2. The molecule has 1 aromatic rings. The Morgan fingerprint density at radius 1 is 1.07 bits per heavy atom. The maximum atomic E-state index is 12.3. The van der Waals surface area contributed by atoms with Crippen LogP contribution in [0.1, 0.15) is 0 Å². The molecule has 2 rings (SSSR count). The first kappa shape index (κ1) is 20.7. The highest BCUT2D eigenvalue weighted by atomic mass is 16.5.